The maximum atomic E-state index is 12.7. The summed E-state index contributed by atoms with van der Waals surface area (Å²) in [6, 6.07) is 7.84. The van der Waals surface area contributed by atoms with Gasteiger partial charge >= 0.3 is 0 Å². The van der Waals surface area contributed by atoms with Crippen molar-refractivity contribution >= 4 is 22.8 Å². The van der Waals surface area contributed by atoms with Crippen LogP contribution in [0.2, 0.25) is 0 Å². The summed E-state index contributed by atoms with van der Waals surface area (Å²) >= 11 is 0. The topological polar surface area (TPSA) is 112 Å². The molecule has 0 unspecified atom stereocenters. The molecule has 1 aromatic heterocycles. The molecule has 6 heteroatoms. The number of H-pyrrole nitrogens is 1. The van der Waals surface area contributed by atoms with Gasteiger partial charge in [0.2, 0.25) is 0 Å². The van der Waals surface area contributed by atoms with Crippen molar-refractivity contribution < 1.29 is 4.79 Å². The molecule has 0 saturated carbocycles. The van der Waals surface area contributed by atoms with E-state index in [1.165, 1.54) is 10.5 Å². The Morgan fingerprint density at radius 3 is 2.61 bits per heavy atom. The Bertz CT molecular complexity index is 726. The molecular formula is C17H25N5O. The molecule has 0 spiro atoms. The second-order valence-electron chi connectivity index (χ2n) is 6.68. The highest BCUT2D eigenvalue weighted by molar-refractivity contribution is 6.06. The molecule has 6 N–H and O–H groups in total. The molecule has 0 saturated heterocycles. The summed E-state index contributed by atoms with van der Waals surface area (Å²) in [5, 5.41) is 8.63. The monoisotopic (exact) mass is 315 g/mol. The number of nitrogens with zero attached hydrogens (tertiary/aromatic N) is 1. The van der Waals surface area contributed by atoms with Gasteiger partial charge in [0.05, 0.1) is 0 Å². The fraction of sp³-hybridized carbons (Fsp3) is 0.412. The lowest BCUT2D eigenvalue weighted by atomic mass is 9.85. The number of hydrogen-bond acceptors (Lipinski definition) is 3. The Hall–Kier alpha value is -2.34. The van der Waals surface area contributed by atoms with E-state index in [2.05, 4.69) is 31.8 Å². The summed E-state index contributed by atoms with van der Waals surface area (Å²) < 4.78 is 0. The van der Waals surface area contributed by atoms with E-state index < -0.39 is 0 Å². The molecule has 0 bridgehead atoms. The number of benzene rings is 1. The second kappa shape index (κ2) is 6.42. The summed E-state index contributed by atoms with van der Waals surface area (Å²) in [4.78, 5) is 17.0. The highest BCUT2D eigenvalue weighted by Gasteiger charge is 2.22. The van der Waals surface area contributed by atoms with Gasteiger partial charge in [-0.2, -0.15) is 0 Å². The third-order valence-corrected chi connectivity index (χ3v) is 3.82. The minimum Gasteiger partial charge on any atom is -0.370 e. The first-order valence-corrected chi connectivity index (χ1v) is 7.74. The molecule has 2 aromatic rings. The Morgan fingerprint density at radius 1 is 1.35 bits per heavy atom. The van der Waals surface area contributed by atoms with E-state index in [0.29, 0.717) is 25.2 Å². The quantitative estimate of drug-likeness (QED) is 0.512. The van der Waals surface area contributed by atoms with Crippen LogP contribution in [-0.2, 0) is 5.41 Å². The van der Waals surface area contributed by atoms with Crippen LogP contribution in [0.15, 0.2) is 24.3 Å². The van der Waals surface area contributed by atoms with E-state index in [4.69, 9.17) is 16.9 Å². The van der Waals surface area contributed by atoms with Gasteiger partial charge in [-0.15, -0.1) is 0 Å². The predicted octanol–water partition coefficient (Wildman–Crippen LogP) is 2.15. The summed E-state index contributed by atoms with van der Waals surface area (Å²) in [5.41, 5.74) is 13.5. The molecule has 6 nitrogen and oxygen atoms in total. The number of aromatic nitrogens is 1. The molecule has 0 fully saturated rings. The van der Waals surface area contributed by atoms with Crippen molar-refractivity contribution in [2.45, 2.75) is 32.6 Å². The van der Waals surface area contributed by atoms with Crippen LogP contribution in [0.1, 0.15) is 43.2 Å². The van der Waals surface area contributed by atoms with Crippen LogP contribution in [0.4, 0.5) is 0 Å². The molecular weight excluding hydrogens is 290 g/mol. The van der Waals surface area contributed by atoms with Crippen molar-refractivity contribution in [3.8, 4) is 0 Å². The minimum atomic E-state index is -0.304. The van der Waals surface area contributed by atoms with Gasteiger partial charge in [0.1, 0.15) is 5.69 Å². The lowest BCUT2D eigenvalue weighted by Crippen LogP contribution is -2.42. The molecule has 1 heterocycles. The van der Waals surface area contributed by atoms with Gasteiger partial charge in [-0.25, -0.2) is 0 Å². The van der Waals surface area contributed by atoms with E-state index in [0.717, 1.165) is 10.9 Å². The van der Waals surface area contributed by atoms with E-state index in [-0.39, 0.29) is 17.3 Å². The van der Waals surface area contributed by atoms with Gasteiger partial charge in [0.25, 0.3) is 5.91 Å². The van der Waals surface area contributed by atoms with Crippen LogP contribution in [0.5, 0.6) is 0 Å². The number of carbonyl (C=O) groups is 1. The number of nitrogens with one attached hydrogen (secondary N) is 2. The number of hydrogen-bond donors (Lipinski definition) is 4. The number of amides is 1. The average molecular weight is 315 g/mol. The minimum absolute atomic E-state index is 0.0260. The maximum Gasteiger partial charge on any atom is 0.276 e. The van der Waals surface area contributed by atoms with Gasteiger partial charge < -0.3 is 16.5 Å². The van der Waals surface area contributed by atoms with Crippen LogP contribution in [0.25, 0.3) is 10.9 Å². The number of fused-ring (bicyclic) bond motifs is 1. The molecule has 0 aliphatic carbocycles. The zero-order chi connectivity index (χ0) is 17.2. The summed E-state index contributed by atoms with van der Waals surface area (Å²) in [5.74, 6) is -0.569. The maximum absolute atomic E-state index is 12.7. The fourth-order valence-electron chi connectivity index (χ4n) is 2.65. The number of nitrogens with two attached hydrogens (primary N) is 2. The lowest BCUT2D eigenvalue weighted by molar-refractivity contribution is 0.0839. The van der Waals surface area contributed by atoms with Gasteiger partial charge in [0.15, 0.2) is 5.96 Å². The fourth-order valence-corrected chi connectivity index (χ4v) is 2.65. The van der Waals surface area contributed by atoms with Gasteiger partial charge in [-0.05, 0) is 36.1 Å². The number of aromatic amines is 1. The van der Waals surface area contributed by atoms with Crippen molar-refractivity contribution in [1.82, 2.24) is 9.88 Å². The molecule has 2 rings (SSSR count). The van der Waals surface area contributed by atoms with E-state index >= 15 is 0 Å². The SMILES string of the molecule is CC(C)(C)c1cccc2[nH]c(C(=O)N(CCCN)C(=N)N)cc12. The third-order valence-electron chi connectivity index (χ3n) is 3.82. The average Bonchev–Trinajstić information content (AvgIpc) is 2.89. The first-order chi connectivity index (χ1) is 10.8. The predicted molar refractivity (Wildman–Crippen MR) is 93.6 cm³/mol. The van der Waals surface area contributed by atoms with E-state index in [1.807, 2.05) is 18.2 Å². The normalized spacial score (nSPS) is 11.7. The number of guanidine groups is 1. The standard InChI is InChI=1S/C17H25N5O/c1-17(2,3)12-6-4-7-13-11(12)10-14(21-13)15(23)22(16(19)20)9-5-8-18/h4,6-7,10,21H,5,8-9,18H2,1-3H3,(H3,19,20). The highest BCUT2D eigenvalue weighted by Crippen LogP contribution is 2.30. The Balaban J connectivity index is 2.44. The second-order valence-corrected chi connectivity index (χ2v) is 6.68. The van der Waals surface area contributed by atoms with Gasteiger partial charge in [-0.3, -0.25) is 15.1 Å². The summed E-state index contributed by atoms with van der Waals surface area (Å²) in [6.45, 7) is 7.20. The highest BCUT2D eigenvalue weighted by atomic mass is 16.2. The molecule has 1 amide bonds. The van der Waals surface area contributed by atoms with Crippen molar-refractivity contribution in [2.75, 3.05) is 13.1 Å². The lowest BCUT2D eigenvalue weighted by Gasteiger charge is -2.20. The van der Waals surface area contributed by atoms with Crippen molar-refractivity contribution in [3.05, 3.63) is 35.5 Å². The zero-order valence-corrected chi connectivity index (χ0v) is 13.9. The molecule has 1 aromatic carbocycles. The molecule has 124 valence electrons. The molecule has 0 aliphatic heterocycles. The number of rotatable bonds is 4. The largest absolute Gasteiger partial charge is 0.370 e. The first kappa shape index (κ1) is 17.0. The van der Waals surface area contributed by atoms with Crippen LogP contribution < -0.4 is 11.5 Å². The van der Waals surface area contributed by atoms with Gasteiger partial charge in [-0.1, -0.05) is 32.9 Å². The van der Waals surface area contributed by atoms with Crippen molar-refractivity contribution in [2.24, 2.45) is 11.5 Å². The number of carbonyl (C=O) groups excluding carboxylic acids is 1. The van der Waals surface area contributed by atoms with E-state index in [9.17, 15) is 4.79 Å². The van der Waals surface area contributed by atoms with Gasteiger partial charge in [0, 0.05) is 17.4 Å². The summed E-state index contributed by atoms with van der Waals surface area (Å²) in [7, 11) is 0. The molecule has 23 heavy (non-hydrogen) atoms. The zero-order valence-electron chi connectivity index (χ0n) is 13.9. The van der Waals surface area contributed by atoms with Crippen molar-refractivity contribution in [1.29, 1.82) is 5.41 Å². The third kappa shape index (κ3) is 3.53. The molecule has 0 atom stereocenters. The van der Waals surface area contributed by atoms with Crippen LogP contribution >= 0.6 is 0 Å². The smallest absolute Gasteiger partial charge is 0.276 e. The Morgan fingerprint density at radius 2 is 2.04 bits per heavy atom. The van der Waals surface area contributed by atoms with Crippen LogP contribution in [0.3, 0.4) is 0 Å². The first-order valence-electron chi connectivity index (χ1n) is 7.74. The van der Waals surface area contributed by atoms with E-state index in [1.54, 1.807) is 0 Å². The Labute approximate surface area is 136 Å². The van der Waals surface area contributed by atoms with Crippen LogP contribution in [0, 0.1) is 5.41 Å². The van der Waals surface area contributed by atoms with Crippen LogP contribution in [-0.4, -0.2) is 34.8 Å². The van der Waals surface area contributed by atoms with Crippen molar-refractivity contribution in [3.63, 3.8) is 0 Å². The molecule has 0 radical (unpaired) electrons. The summed E-state index contributed by atoms with van der Waals surface area (Å²) in [6.07, 6.45) is 0.596. The molecule has 0 aliphatic rings. The Kier molecular flexibility index (Phi) is 4.75.